The molecule has 8 rings (SSSR count). The first-order valence-electron chi connectivity index (χ1n) is 24.8. The van der Waals surface area contributed by atoms with Crippen LogP contribution >= 0.6 is 22.3 Å². The number of halogens is 6. The smallest absolute Gasteiger partial charge is 0.337 e. The zero-order chi connectivity index (χ0) is 63.8. The number of anilines is 4. The van der Waals surface area contributed by atoms with Gasteiger partial charge in [0.1, 0.15) is 23.2 Å². The number of quaternary nitrogens is 1. The molecule has 0 radical (unpaired) electrons. The summed E-state index contributed by atoms with van der Waals surface area (Å²) < 4.78 is 135. The van der Waals surface area contributed by atoms with Crippen molar-refractivity contribution in [2.75, 3.05) is 78.8 Å². The van der Waals surface area contributed by atoms with Crippen molar-refractivity contribution < 1.29 is 90.0 Å². The lowest BCUT2D eigenvalue weighted by molar-refractivity contribution is -0.831. The SMILES string of the molecule is CN(c1ccccc1)S(=O)(=O)C#Cc1ccc(F)cc1.CN(c1ccccc1)S(=O)(=O)CC(=O)c1ccc(F)cc1.CN(c1ccccc1)S(C)(=O)=O.CNc1ccccc1.COC(=O)c1ccc(F)cc1.CS(=O)(=O)Cl.C[NH+]1C=CC=CC1Cl.[I-]. The summed E-state index contributed by atoms with van der Waals surface area (Å²) in [7, 11) is 0.241. The van der Waals surface area contributed by atoms with E-state index in [0.717, 1.165) is 32.7 Å². The van der Waals surface area contributed by atoms with Crippen LogP contribution in [0.25, 0.3) is 0 Å². The lowest BCUT2D eigenvalue weighted by atomic mass is 10.1. The number of hydrogen-bond acceptors (Lipinski definition) is 12. The Morgan fingerprint density at radius 3 is 1.30 bits per heavy atom. The van der Waals surface area contributed by atoms with Gasteiger partial charge in [0.2, 0.25) is 29.1 Å². The number of carbonyl (C=O) groups excluding carboxylic acids is 2. The summed E-state index contributed by atoms with van der Waals surface area (Å²) in [5, 5.41) is 5.25. The minimum absolute atomic E-state index is 0. The van der Waals surface area contributed by atoms with Gasteiger partial charge in [-0.2, -0.15) is 8.42 Å². The van der Waals surface area contributed by atoms with Gasteiger partial charge in [-0.1, -0.05) is 90.5 Å². The van der Waals surface area contributed by atoms with Crippen LogP contribution in [0.4, 0.5) is 35.9 Å². The zero-order valence-corrected chi connectivity index (χ0v) is 54.7. The van der Waals surface area contributed by atoms with E-state index in [1.165, 1.54) is 104 Å². The van der Waals surface area contributed by atoms with Crippen LogP contribution < -0.4 is 47.1 Å². The molecule has 462 valence electrons. The minimum atomic E-state index is -3.78. The Kier molecular flexibility index (Phi) is 34.6. The van der Waals surface area contributed by atoms with E-state index in [2.05, 4.69) is 31.9 Å². The maximum absolute atomic E-state index is 12.8. The van der Waals surface area contributed by atoms with Crippen molar-refractivity contribution in [3.63, 3.8) is 0 Å². The lowest BCUT2D eigenvalue weighted by Crippen LogP contribution is -3.07. The monoisotopic (exact) mass is 1410 g/mol. The first kappa shape index (κ1) is 76.8. The number of hydrogen-bond donors (Lipinski definition) is 2. The Balaban J connectivity index is 0.000000525. The van der Waals surface area contributed by atoms with Crippen molar-refractivity contribution in [1.82, 2.24) is 0 Å². The fraction of sp³-hybridized carbons (Fsp3) is 0.167. The third-order valence-electron chi connectivity index (χ3n) is 10.8. The first-order chi connectivity index (χ1) is 39.9. The summed E-state index contributed by atoms with van der Waals surface area (Å²) >= 11 is 5.79. The quantitative estimate of drug-likeness (QED) is 0.0260. The standard InChI is InChI=1S/C15H14FNO3S.C15H12FNO2S.C8H7FO2.C8H11NO2S.C7H9N.C6H8ClN.CH3ClO2S.HI/c1-17(14-5-3-2-4-6-14)21(19,20)11-15(18)12-7-9-13(16)10-8-12;1-17(15-5-3-2-4-6-15)20(18,19)12-11-13-7-9-14(16)10-8-13;1-11-8(10)6-2-4-7(9)5-3-6;1-9(12(2,10)11)8-6-4-3-5-7-8;1-8-7-5-3-2-4-6-7;1-8-5-3-2-4-6(8)7;1-5(2,3)4;/h2-10H,11H2,1H3;2-10H,1H3;2-5H,1H3;3-7H,1-2H3;2-6,8H,1H3;2-6H,1H3;1H3;1H. The number of methoxy groups -OCH3 is 1. The third kappa shape index (κ3) is 31.3. The molecule has 0 amide bonds. The molecule has 86 heavy (non-hydrogen) atoms. The highest BCUT2D eigenvalue weighted by molar-refractivity contribution is 8.13. The number of alkyl halides is 1. The molecule has 1 aliphatic heterocycles. The summed E-state index contributed by atoms with van der Waals surface area (Å²) in [4.78, 5) is 24.0. The fourth-order valence-electron chi connectivity index (χ4n) is 6.03. The zero-order valence-electron chi connectivity index (χ0n) is 47.8. The number of allylic oxidation sites excluding steroid dienone is 2. The van der Waals surface area contributed by atoms with Crippen molar-refractivity contribution >= 4 is 95.9 Å². The lowest BCUT2D eigenvalue weighted by Gasteiger charge is -2.18. The molecule has 7 aromatic carbocycles. The fourth-order valence-corrected chi connectivity index (χ4v) is 8.61. The van der Waals surface area contributed by atoms with Gasteiger partial charge in [0.25, 0.3) is 0 Å². The predicted molar refractivity (Wildman–Crippen MR) is 335 cm³/mol. The van der Waals surface area contributed by atoms with E-state index >= 15 is 0 Å². The Morgan fingerprint density at radius 2 is 0.953 bits per heavy atom. The molecular formula is C60H65Cl2F3IN5O11S4. The average Bonchev–Trinajstić information content (AvgIpc) is 3.68. The summed E-state index contributed by atoms with van der Waals surface area (Å²) in [6.45, 7) is 0. The number of Topliss-reactive ketones (excluding diaryl/α,β-unsaturated/α-hetero) is 1. The van der Waals surface area contributed by atoms with Crippen molar-refractivity contribution in [2.45, 2.75) is 5.50 Å². The van der Waals surface area contributed by atoms with Crippen LogP contribution in [0.5, 0.6) is 0 Å². The van der Waals surface area contributed by atoms with Gasteiger partial charge in [0.05, 0.1) is 60.7 Å². The number of rotatable bonds is 11. The number of ether oxygens (including phenoxy) is 1. The van der Waals surface area contributed by atoms with Gasteiger partial charge in [-0.3, -0.25) is 22.6 Å². The molecule has 0 saturated heterocycles. The highest BCUT2D eigenvalue weighted by Gasteiger charge is 2.23. The molecule has 0 bridgehead atoms. The molecule has 1 heterocycles. The van der Waals surface area contributed by atoms with E-state index in [0.29, 0.717) is 28.2 Å². The Labute approximate surface area is 530 Å². The van der Waals surface area contributed by atoms with Crippen molar-refractivity contribution in [3.05, 3.63) is 253 Å². The molecular weight excluding hydrogens is 1350 g/mol. The van der Waals surface area contributed by atoms with E-state index in [1.54, 1.807) is 84.9 Å². The second-order valence-corrected chi connectivity index (χ2v) is 26.5. The van der Waals surface area contributed by atoms with Gasteiger partial charge >= 0.3 is 16.0 Å². The molecule has 0 fully saturated rings. The number of nitrogens with zero attached hydrogens (tertiary/aromatic N) is 3. The summed E-state index contributed by atoms with van der Waals surface area (Å²) in [5.74, 6) is -0.400. The van der Waals surface area contributed by atoms with Crippen LogP contribution in [0, 0.1) is 28.6 Å². The minimum Gasteiger partial charge on any atom is -1.00 e. The Bertz CT molecular complexity index is 3730. The molecule has 1 aliphatic rings. The topological polar surface area (TPSA) is 206 Å². The van der Waals surface area contributed by atoms with Crippen LogP contribution in [0.2, 0.25) is 0 Å². The van der Waals surface area contributed by atoms with E-state index < -0.39 is 62.4 Å². The van der Waals surface area contributed by atoms with Crippen LogP contribution in [0.3, 0.4) is 0 Å². The second kappa shape index (κ2) is 38.7. The van der Waals surface area contributed by atoms with Gasteiger partial charge in [-0.15, -0.1) is 0 Å². The number of sulfonamides is 3. The highest BCUT2D eigenvalue weighted by Crippen LogP contribution is 2.18. The molecule has 0 spiro atoms. The summed E-state index contributed by atoms with van der Waals surface area (Å²) in [5.41, 5.74) is 3.93. The van der Waals surface area contributed by atoms with Crippen LogP contribution in [-0.4, -0.2) is 112 Å². The maximum Gasteiger partial charge on any atom is 0.337 e. The largest absolute Gasteiger partial charge is 1.00 e. The van der Waals surface area contributed by atoms with Crippen molar-refractivity contribution in [2.24, 2.45) is 0 Å². The van der Waals surface area contributed by atoms with Gasteiger partial charge in [0.15, 0.2) is 11.3 Å². The average molecular weight is 1420 g/mol. The second-order valence-electron chi connectivity index (χ2n) is 17.3. The van der Waals surface area contributed by atoms with Gasteiger partial charge in [0, 0.05) is 55.7 Å². The molecule has 16 nitrogen and oxygen atoms in total. The predicted octanol–water partition coefficient (Wildman–Crippen LogP) is 6.84. The van der Waals surface area contributed by atoms with E-state index in [1.807, 2.05) is 74.9 Å². The van der Waals surface area contributed by atoms with E-state index in [4.69, 9.17) is 11.6 Å². The third-order valence-corrected chi connectivity index (χ3v) is 15.5. The maximum atomic E-state index is 12.8. The van der Waals surface area contributed by atoms with Gasteiger partial charge < -0.3 is 34.0 Å². The summed E-state index contributed by atoms with van der Waals surface area (Å²) in [6.07, 6.45) is 10.1. The molecule has 26 heteroatoms. The van der Waals surface area contributed by atoms with E-state index in [-0.39, 0.29) is 46.7 Å². The van der Waals surface area contributed by atoms with Gasteiger partial charge in [-0.05, 0) is 139 Å². The molecule has 2 N–H and O–H groups in total. The molecule has 2 atom stereocenters. The first-order valence-corrected chi connectivity index (χ1v) is 32.8. The Morgan fingerprint density at radius 1 is 0.581 bits per heavy atom. The number of para-hydroxylation sites is 4. The number of esters is 1. The molecule has 2 unspecified atom stereocenters. The molecule has 0 saturated carbocycles. The molecule has 7 aromatic rings. The number of carbonyl (C=O) groups is 2. The number of ketones is 1. The number of nitrogens with one attached hydrogen (secondary N) is 2. The summed E-state index contributed by atoms with van der Waals surface area (Å²) in [6, 6.07) is 51.4. The Hall–Kier alpha value is -7.22. The van der Waals surface area contributed by atoms with Crippen LogP contribution in [0.1, 0.15) is 26.3 Å². The van der Waals surface area contributed by atoms with Crippen molar-refractivity contribution in [1.29, 1.82) is 0 Å². The number of benzene rings is 7. The highest BCUT2D eigenvalue weighted by atomic mass is 127. The van der Waals surface area contributed by atoms with Gasteiger partial charge in [-0.25, -0.2) is 43.2 Å². The normalized spacial score (nSPS) is 12.7. The van der Waals surface area contributed by atoms with Crippen LogP contribution in [0.15, 0.2) is 219 Å². The number of likely N-dealkylation sites (N-methyl/N-ethyl adjacent to an activating group) is 1. The van der Waals surface area contributed by atoms with E-state index in [9.17, 15) is 56.4 Å². The van der Waals surface area contributed by atoms with Crippen molar-refractivity contribution in [3.8, 4) is 11.2 Å². The molecule has 0 aromatic heterocycles. The molecule has 0 aliphatic carbocycles. The van der Waals surface area contributed by atoms with Crippen LogP contribution in [-0.2, 0) is 43.9 Å².